The van der Waals surface area contributed by atoms with Crippen LogP contribution < -0.4 is 5.32 Å². The second kappa shape index (κ2) is 5.76. The Bertz CT molecular complexity index is 374. The molecule has 1 aliphatic carbocycles. The summed E-state index contributed by atoms with van der Waals surface area (Å²) in [5.41, 5.74) is 1.37. The molecular weight excluding hydrogens is 236 g/mol. The fourth-order valence-electron chi connectivity index (χ4n) is 2.18. The van der Waals surface area contributed by atoms with Gasteiger partial charge in [0.25, 0.3) is 6.43 Å². The number of hydrogen-bond donors (Lipinski definition) is 2. The van der Waals surface area contributed by atoms with Gasteiger partial charge in [0.1, 0.15) is 0 Å². The molecule has 4 heteroatoms. The molecule has 1 aliphatic rings. The van der Waals surface area contributed by atoms with E-state index in [2.05, 4.69) is 5.32 Å². The average molecular weight is 255 g/mol. The first-order valence-corrected chi connectivity index (χ1v) is 6.34. The molecule has 18 heavy (non-hydrogen) atoms. The maximum atomic E-state index is 12.4. The summed E-state index contributed by atoms with van der Waals surface area (Å²) >= 11 is 0. The zero-order valence-corrected chi connectivity index (χ0v) is 10.3. The van der Waals surface area contributed by atoms with Crippen LogP contribution in [0.4, 0.5) is 8.78 Å². The number of halogens is 2. The predicted octanol–water partition coefficient (Wildman–Crippen LogP) is 2.88. The minimum Gasteiger partial charge on any atom is -0.396 e. The second-order valence-corrected chi connectivity index (χ2v) is 5.12. The van der Waals surface area contributed by atoms with Gasteiger partial charge in [-0.25, -0.2) is 8.78 Å². The maximum Gasteiger partial charge on any atom is 0.263 e. The van der Waals surface area contributed by atoms with E-state index in [0.29, 0.717) is 6.54 Å². The molecule has 0 unspecified atom stereocenters. The van der Waals surface area contributed by atoms with Crippen LogP contribution in [0, 0.1) is 5.41 Å². The van der Waals surface area contributed by atoms with Crippen molar-refractivity contribution in [3.05, 3.63) is 35.4 Å². The molecule has 0 atom stereocenters. The Morgan fingerprint density at radius 2 is 1.89 bits per heavy atom. The van der Waals surface area contributed by atoms with Crippen molar-refractivity contribution in [3.8, 4) is 0 Å². The largest absolute Gasteiger partial charge is 0.396 e. The van der Waals surface area contributed by atoms with E-state index in [1.54, 1.807) is 12.1 Å². The SMILES string of the molecule is OCCC1(CNCc2ccc(C(F)F)cc2)CC1. The number of alkyl halides is 2. The predicted molar refractivity (Wildman–Crippen MR) is 66.5 cm³/mol. The molecule has 1 saturated carbocycles. The van der Waals surface area contributed by atoms with Gasteiger partial charge in [-0.3, -0.25) is 0 Å². The topological polar surface area (TPSA) is 32.3 Å². The molecule has 0 saturated heterocycles. The zero-order chi connectivity index (χ0) is 13.0. The van der Waals surface area contributed by atoms with Crippen molar-refractivity contribution < 1.29 is 13.9 Å². The second-order valence-electron chi connectivity index (χ2n) is 5.12. The molecule has 0 amide bonds. The van der Waals surface area contributed by atoms with Gasteiger partial charge in [-0.15, -0.1) is 0 Å². The molecule has 2 nitrogen and oxygen atoms in total. The van der Waals surface area contributed by atoms with Crippen LogP contribution in [0.1, 0.15) is 36.8 Å². The molecule has 0 bridgehead atoms. The lowest BCUT2D eigenvalue weighted by atomic mass is 10.0. The van der Waals surface area contributed by atoms with E-state index in [1.807, 2.05) is 0 Å². The van der Waals surface area contributed by atoms with Crippen molar-refractivity contribution in [1.29, 1.82) is 0 Å². The normalized spacial score (nSPS) is 17.1. The van der Waals surface area contributed by atoms with Crippen molar-refractivity contribution in [1.82, 2.24) is 5.32 Å². The van der Waals surface area contributed by atoms with Gasteiger partial charge in [-0.05, 0) is 30.2 Å². The summed E-state index contributed by atoms with van der Waals surface area (Å²) < 4.78 is 24.7. The van der Waals surface area contributed by atoms with Gasteiger partial charge < -0.3 is 10.4 Å². The Hall–Kier alpha value is -1.00. The molecule has 0 aromatic heterocycles. The van der Waals surface area contributed by atoms with Gasteiger partial charge in [0.15, 0.2) is 0 Å². The van der Waals surface area contributed by atoms with E-state index < -0.39 is 6.43 Å². The third-order valence-electron chi connectivity index (χ3n) is 3.66. The summed E-state index contributed by atoms with van der Waals surface area (Å²) in [4.78, 5) is 0. The van der Waals surface area contributed by atoms with Crippen LogP contribution >= 0.6 is 0 Å². The molecule has 0 spiro atoms. The van der Waals surface area contributed by atoms with Crippen molar-refractivity contribution >= 4 is 0 Å². The highest BCUT2D eigenvalue weighted by atomic mass is 19.3. The van der Waals surface area contributed by atoms with Gasteiger partial charge >= 0.3 is 0 Å². The van der Waals surface area contributed by atoms with E-state index in [-0.39, 0.29) is 17.6 Å². The Morgan fingerprint density at radius 3 is 2.39 bits per heavy atom. The lowest BCUT2D eigenvalue weighted by Gasteiger charge is -2.14. The third kappa shape index (κ3) is 3.50. The van der Waals surface area contributed by atoms with Crippen LogP contribution in [0.3, 0.4) is 0 Å². The van der Waals surface area contributed by atoms with Crippen LogP contribution in [-0.4, -0.2) is 18.3 Å². The van der Waals surface area contributed by atoms with E-state index >= 15 is 0 Å². The van der Waals surface area contributed by atoms with E-state index in [0.717, 1.165) is 18.5 Å². The molecule has 2 rings (SSSR count). The highest BCUT2D eigenvalue weighted by Gasteiger charge is 2.41. The Morgan fingerprint density at radius 1 is 1.22 bits per heavy atom. The molecular formula is C14H19F2NO. The van der Waals surface area contributed by atoms with Gasteiger partial charge in [0.2, 0.25) is 0 Å². The molecule has 2 N–H and O–H groups in total. The smallest absolute Gasteiger partial charge is 0.263 e. The fraction of sp³-hybridized carbons (Fsp3) is 0.571. The summed E-state index contributed by atoms with van der Waals surface area (Å²) in [6, 6.07) is 6.42. The molecule has 0 radical (unpaired) electrons. The lowest BCUT2D eigenvalue weighted by molar-refractivity contribution is 0.151. The standard InChI is InChI=1S/C14H19F2NO/c15-13(16)12-3-1-11(2-4-12)9-17-10-14(5-6-14)7-8-18/h1-4,13,17-18H,5-10H2. The Labute approximate surface area is 106 Å². The van der Waals surface area contributed by atoms with E-state index in [1.165, 1.54) is 25.0 Å². The molecule has 1 fully saturated rings. The first kappa shape index (κ1) is 13.4. The Kier molecular flexibility index (Phi) is 4.30. The summed E-state index contributed by atoms with van der Waals surface area (Å²) in [6.45, 7) is 1.83. The van der Waals surface area contributed by atoms with Gasteiger partial charge in [-0.1, -0.05) is 24.3 Å². The van der Waals surface area contributed by atoms with Crippen molar-refractivity contribution in [2.75, 3.05) is 13.2 Å². The number of hydrogen-bond acceptors (Lipinski definition) is 2. The zero-order valence-electron chi connectivity index (χ0n) is 10.3. The van der Waals surface area contributed by atoms with Gasteiger partial charge in [0, 0.05) is 25.3 Å². The van der Waals surface area contributed by atoms with E-state index in [9.17, 15) is 8.78 Å². The van der Waals surface area contributed by atoms with Crippen molar-refractivity contribution in [2.45, 2.75) is 32.2 Å². The van der Waals surface area contributed by atoms with Crippen molar-refractivity contribution in [2.24, 2.45) is 5.41 Å². The van der Waals surface area contributed by atoms with Gasteiger partial charge in [-0.2, -0.15) is 0 Å². The monoisotopic (exact) mass is 255 g/mol. The first-order valence-electron chi connectivity index (χ1n) is 6.34. The number of benzene rings is 1. The number of rotatable bonds is 7. The van der Waals surface area contributed by atoms with E-state index in [4.69, 9.17) is 5.11 Å². The van der Waals surface area contributed by atoms with Crippen LogP contribution in [0.2, 0.25) is 0 Å². The highest BCUT2D eigenvalue weighted by Crippen LogP contribution is 2.47. The minimum atomic E-state index is -2.40. The number of nitrogens with one attached hydrogen (secondary N) is 1. The van der Waals surface area contributed by atoms with Crippen LogP contribution in [0.5, 0.6) is 0 Å². The molecule has 100 valence electrons. The van der Waals surface area contributed by atoms with Crippen molar-refractivity contribution in [3.63, 3.8) is 0 Å². The molecule has 1 aromatic rings. The maximum absolute atomic E-state index is 12.4. The summed E-state index contributed by atoms with van der Waals surface area (Å²) in [5, 5.41) is 12.3. The Balaban J connectivity index is 1.77. The third-order valence-corrected chi connectivity index (χ3v) is 3.66. The lowest BCUT2D eigenvalue weighted by Crippen LogP contribution is -2.24. The molecule has 1 aromatic carbocycles. The van der Waals surface area contributed by atoms with Crippen LogP contribution in [-0.2, 0) is 6.54 Å². The quantitative estimate of drug-likeness (QED) is 0.785. The average Bonchev–Trinajstić information content (AvgIpc) is 3.10. The van der Waals surface area contributed by atoms with Gasteiger partial charge in [0.05, 0.1) is 0 Å². The van der Waals surface area contributed by atoms with Crippen LogP contribution in [0.25, 0.3) is 0 Å². The highest BCUT2D eigenvalue weighted by molar-refractivity contribution is 5.23. The fourth-order valence-corrected chi connectivity index (χ4v) is 2.18. The minimum absolute atomic E-state index is 0.0673. The summed E-state index contributed by atoms with van der Waals surface area (Å²) in [7, 11) is 0. The number of aliphatic hydroxyl groups is 1. The molecule has 0 heterocycles. The van der Waals surface area contributed by atoms with Crippen LogP contribution in [0.15, 0.2) is 24.3 Å². The first-order chi connectivity index (χ1) is 8.65. The summed E-state index contributed by atoms with van der Waals surface area (Å²) in [6.07, 6.45) is 0.798. The number of aliphatic hydroxyl groups excluding tert-OH is 1. The summed E-state index contributed by atoms with van der Waals surface area (Å²) in [5.74, 6) is 0. The molecule has 0 aliphatic heterocycles.